The third kappa shape index (κ3) is 55.2. The second-order valence-corrected chi connectivity index (χ2v) is 22.4. The standard InChI is InChI=1S/C63H113N2O6P/c1-6-8-10-12-14-16-18-20-22-24-25-26-27-28-29-30-31-32-33-34-35-36-37-38-39-41-43-45-47-49-51-53-55-57-63(67)64-61(60-71-72(68,69)70-59-58-65(3,4)5)62(66)56-54-52-50-48-46-44-42-40-23-21-19-17-15-13-11-9-7-2/h8,10,14,16,20,22,25-26,28-29,31-32,34-35,37-38,61-62,66H,6-7,9,11-13,15,17-19,21,23-24,27,30,33,36,39-60H2,1-5H3,(H-,64,67,68,69)/p+1/b10-8-,16-14-,22-20-,26-25-,29-28-,32-31-,35-34-,38-37-. The first-order valence-electron chi connectivity index (χ1n) is 29.6. The van der Waals surface area contributed by atoms with E-state index in [4.69, 9.17) is 9.05 Å². The number of rotatable bonds is 53. The van der Waals surface area contributed by atoms with Gasteiger partial charge < -0.3 is 19.8 Å². The van der Waals surface area contributed by atoms with Crippen molar-refractivity contribution in [3.63, 3.8) is 0 Å². The van der Waals surface area contributed by atoms with E-state index in [0.717, 1.165) is 96.3 Å². The maximum atomic E-state index is 13.0. The zero-order chi connectivity index (χ0) is 52.7. The van der Waals surface area contributed by atoms with Gasteiger partial charge in [0.1, 0.15) is 13.2 Å². The van der Waals surface area contributed by atoms with Gasteiger partial charge >= 0.3 is 7.82 Å². The predicted molar refractivity (Wildman–Crippen MR) is 313 cm³/mol. The van der Waals surface area contributed by atoms with Gasteiger partial charge in [0.2, 0.25) is 5.91 Å². The molecule has 3 atom stereocenters. The molecule has 0 rings (SSSR count). The molecule has 0 radical (unpaired) electrons. The number of allylic oxidation sites excluding steroid dienone is 16. The minimum atomic E-state index is -4.33. The van der Waals surface area contributed by atoms with Crippen LogP contribution in [0.15, 0.2) is 97.2 Å². The molecule has 8 nitrogen and oxygen atoms in total. The number of phosphoric ester groups is 1. The third-order valence-corrected chi connectivity index (χ3v) is 13.8. The van der Waals surface area contributed by atoms with Gasteiger partial charge in [-0.3, -0.25) is 13.8 Å². The number of carbonyl (C=O) groups excluding carboxylic acids is 1. The van der Waals surface area contributed by atoms with Crippen LogP contribution in [0.1, 0.15) is 245 Å². The van der Waals surface area contributed by atoms with Crippen LogP contribution < -0.4 is 5.32 Å². The first-order chi connectivity index (χ1) is 35.0. The normalized spacial score (nSPS) is 14.6. The van der Waals surface area contributed by atoms with E-state index in [0.29, 0.717) is 23.9 Å². The fraction of sp³-hybridized carbons (Fsp3) is 0.730. The highest BCUT2D eigenvalue weighted by molar-refractivity contribution is 7.47. The lowest BCUT2D eigenvalue weighted by Gasteiger charge is -2.26. The van der Waals surface area contributed by atoms with Crippen LogP contribution in [0.25, 0.3) is 0 Å². The van der Waals surface area contributed by atoms with Gasteiger partial charge in [-0.15, -0.1) is 0 Å². The molecule has 0 aromatic rings. The Morgan fingerprint density at radius 2 is 0.833 bits per heavy atom. The topological polar surface area (TPSA) is 105 Å². The molecule has 1 amide bonds. The monoisotopic (exact) mass is 1030 g/mol. The molecule has 0 spiro atoms. The van der Waals surface area contributed by atoms with Gasteiger partial charge in [0.25, 0.3) is 0 Å². The van der Waals surface area contributed by atoms with Gasteiger partial charge in [-0.25, -0.2) is 4.57 Å². The molecule has 0 fully saturated rings. The van der Waals surface area contributed by atoms with Crippen LogP contribution in [0.5, 0.6) is 0 Å². The molecular weight excluding hydrogens is 912 g/mol. The summed E-state index contributed by atoms with van der Waals surface area (Å²) >= 11 is 0. The second kappa shape index (κ2) is 53.3. The number of aliphatic hydroxyl groups is 1. The van der Waals surface area contributed by atoms with Crippen molar-refractivity contribution in [3.05, 3.63) is 97.2 Å². The van der Waals surface area contributed by atoms with Crippen molar-refractivity contribution in [2.75, 3.05) is 40.9 Å². The first-order valence-corrected chi connectivity index (χ1v) is 31.1. The van der Waals surface area contributed by atoms with E-state index in [1.165, 1.54) is 122 Å². The van der Waals surface area contributed by atoms with Gasteiger partial charge in [0.05, 0.1) is 39.9 Å². The summed E-state index contributed by atoms with van der Waals surface area (Å²) in [5, 5.41) is 14.1. The van der Waals surface area contributed by atoms with Crippen molar-refractivity contribution in [1.29, 1.82) is 0 Å². The van der Waals surface area contributed by atoms with Gasteiger partial charge in [0.15, 0.2) is 0 Å². The number of aliphatic hydroxyl groups excluding tert-OH is 1. The summed E-state index contributed by atoms with van der Waals surface area (Å²) in [6.07, 6.45) is 76.0. The van der Waals surface area contributed by atoms with Crippen LogP contribution in [0.3, 0.4) is 0 Å². The molecule has 416 valence electrons. The molecule has 0 aliphatic carbocycles. The van der Waals surface area contributed by atoms with Gasteiger partial charge in [0, 0.05) is 6.42 Å². The van der Waals surface area contributed by atoms with Crippen molar-refractivity contribution in [1.82, 2.24) is 5.32 Å². The van der Waals surface area contributed by atoms with Crippen LogP contribution in [0.2, 0.25) is 0 Å². The number of quaternary nitrogens is 1. The average Bonchev–Trinajstić information content (AvgIpc) is 3.34. The predicted octanol–water partition coefficient (Wildman–Crippen LogP) is 18.2. The summed E-state index contributed by atoms with van der Waals surface area (Å²) in [6, 6.07) is -0.772. The van der Waals surface area contributed by atoms with E-state index >= 15 is 0 Å². The summed E-state index contributed by atoms with van der Waals surface area (Å²) in [5.41, 5.74) is 0. The molecule has 0 saturated heterocycles. The molecule has 0 aromatic heterocycles. The number of carbonyl (C=O) groups is 1. The Hall–Kier alpha value is -2.58. The lowest BCUT2D eigenvalue weighted by molar-refractivity contribution is -0.870. The molecule has 0 aromatic carbocycles. The Labute approximate surface area is 445 Å². The zero-order valence-electron chi connectivity index (χ0n) is 47.4. The summed E-state index contributed by atoms with van der Waals surface area (Å²) in [6.45, 7) is 4.77. The van der Waals surface area contributed by atoms with Gasteiger partial charge in [-0.2, -0.15) is 0 Å². The number of unbranched alkanes of at least 4 members (excludes halogenated alkanes) is 24. The van der Waals surface area contributed by atoms with Crippen molar-refractivity contribution in [3.8, 4) is 0 Å². The highest BCUT2D eigenvalue weighted by Crippen LogP contribution is 2.43. The number of nitrogens with one attached hydrogen (secondary N) is 1. The molecule has 9 heteroatoms. The molecule has 0 saturated carbocycles. The van der Waals surface area contributed by atoms with Crippen LogP contribution in [-0.4, -0.2) is 73.4 Å². The maximum absolute atomic E-state index is 13.0. The number of phosphoric acid groups is 1. The fourth-order valence-electron chi connectivity index (χ4n) is 8.24. The summed E-state index contributed by atoms with van der Waals surface area (Å²) in [5.74, 6) is -0.155. The number of nitrogens with zero attached hydrogens (tertiary/aromatic N) is 1. The lowest BCUT2D eigenvalue weighted by Crippen LogP contribution is -2.46. The van der Waals surface area contributed by atoms with E-state index < -0.39 is 20.0 Å². The van der Waals surface area contributed by atoms with Gasteiger partial charge in [-0.05, 0) is 77.0 Å². The first kappa shape index (κ1) is 69.4. The quantitative estimate of drug-likeness (QED) is 0.0243. The largest absolute Gasteiger partial charge is 0.472 e. The Morgan fingerprint density at radius 3 is 1.22 bits per heavy atom. The highest BCUT2D eigenvalue weighted by Gasteiger charge is 2.28. The van der Waals surface area contributed by atoms with E-state index in [1.807, 2.05) is 21.1 Å². The Morgan fingerprint density at radius 1 is 0.486 bits per heavy atom. The minimum Gasteiger partial charge on any atom is -0.391 e. The summed E-state index contributed by atoms with van der Waals surface area (Å²) < 4.78 is 23.8. The molecule has 3 N–H and O–H groups in total. The molecule has 0 bridgehead atoms. The van der Waals surface area contributed by atoms with Crippen LogP contribution in [-0.2, 0) is 18.4 Å². The summed E-state index contributed by atoms with van der Waals surface area (Å²) in [7, 11) is 1.60. The fourth-order valence-corrected chi connectivity index (χ4v) is 8.98. The molecular formula is C63H114N2O6P+. The average molecular weight is 1030 g/mol. The minimum absolute atomic E-state index is 0.0686. The van der Waals surface area contributed by atoms with E-state index in [-0.39, 0.29) is 19.1 Å². The Balaban J connectivity index is 4.18. The Bertz CT molecular complexity index is 1490. The summed E-state index contributed by atoms with van der Waals surface area (Å²) in [4.78, 5) is 23.3. The number of amides is 1. The van der Waals surface area contributed by atoms with Crippen LogP contribution in [0.4, 0.5) is 0 Å². The number of hydrogen-bond donors (Lipinski definition) is 3. The van der Waals surface area contributed by atoms with Crippen molar-refractivity contribution in [2.45, 2.75) is 257 Å². The van der Waals surface area contributed by atoms with Gasteiger partial charge in [-0.1, -0.05) is 259 Å². The Kier molecular flexibility index (Phi) is 51.3. The molecule has 0 aliphatic heterocycles. The van der Waals surface area contributed by atoms with E-state index in [1.54, 1.807) is 0 Å². The highest BCUT2D eigenvalue weighted by atomic mass is 31.2. The van der Waals surface area contributed by atoms with E-state index in [2.05, 4.69) is 116 Å². The molecule has 72 heavy (non-hydrogen) atoms. The second-order valence-electron chi connectivity index (χ2n) is 21.0. The van der Waals surface area contributed by atoms with Crippen LogP contribution in [0, 0.1) is 0 Å². The SMILES string of the molecule is CC/C=C\C/C=C\C/C=C\C/C=C\C/C=C\C/C=C\C/C=C\C/C=C\CCCCCCCCCCC(=O)NC(COP(=O)(O)OCC[N+](C)(C)C)C(O)CCCCCCCCCCCCCCCCCCC. The van der Waals surface area contributed by atoms with Crippen molar-refractivity contribution < 1.29 is 32.9 Å². The van der Waals surface area contributed by atoms with Crippen molar-refractivity contribution >= 4 is 13.7 Å². The zero-order valence-corrected chi connectivity index (χ0v) is 48.3. The third-order valence-electron chi connectivity index (χ3n) is 12.8. The number of likely N-dealkylation sites (N-methyl/N-ethyl adjacent to an activating group) is 1. The molecule has 0 aliphatic rings. The molecule has 3 unspecified atom stereocenters. The smallest absolute Gasteiger partial charge is 0.391 e. The lowest BCUT2D eigenvalue weighted by atomic mass is 10.0. The number of hydrogen-bond acceptors (Lipinski definition) is 5. The van der Waals surface area contributed by atoms with E-state index in [9.17, 15) is 19.4 Å². The maximum Gasteiger partial charge on any atom is 0.472 e. The van der Waals surface area contributed by atoms with Crippen molar-refractivity contribution in [2.24, 2.45) is 0 Å². The van der Waals surface area contributed by atoms with Crippen LogP contribution >= 0.6 is 7.82 Å². The molecule has 0 heterocycles.